The van der Waals surface area contributed by atoms with Gasteiger partial charge in [-0.25, -0.2) is 9.18 Å². The highest BCUT2D eigenvalue weighted by Crippen LogP contribution is 2.31. The SMILES string of the molecule is CC(CN)Cc1cc(Cl)c(F)c(-c2cc3cn(-c4ccc(CNCCCN=C(N)N)cc4)c(=O)nc3[nH]2)c1. The molecule has 8 N–H and O–H groups in total. The molecule has 1 atom stereocenters. The second kappa shape index (κ2) is 12.2. The fourth-order valence-corrected chi connectivity index (χ4v) is 4.43. The molecule has 0 saturated heterocycles. The van der Waals surface area contributed by atoms with Crippen molar-refractivity contribution in [2.24, 2.45) is 28.1 Å². The Morgan fingerprint density at radius 1 is 1.21 bits per heavy atom. The lowest BCUT2D eigenvalue weighted by molar-refractivity contribution is 0.590. The smallest absolute Gasteiger partial charge is 0.354 e. The third-order valence-corrected chi connectivity index (χ3v) is 6.50. The number of hydrogen-bond acceptors (Lipinski definition) is 5. The molecule has 2 aromatic heterocycles. The van der Waals surface area contributed by atoms with Gasteiger partial charge in [0, 0.05) is 30.2 Å². The monoisotopic (exact) mass is 538 g/mol. The maximum absolute atomic E-state index is 15.0. The lowest BCUT2D eigenvalue weighted by Gasteiger charge is -2.11. The zero-order valence-electron chi connectivity index (χ0n) is 21.2. The van der Waals surface area contributed by atoms with Crippen LogP contribution in [0.5, 0.6) is 0 Å². The summed E-state index contributed by atoms with van der Waals surface area (Å²) in [4.78, 5) is 24.0. The summed E-state index contributed by atoms with van der Waals surface area (Å²) in [5, 5.41) is 4.04. The van der Waals surface area contributed by atoms with E-state index in [1.54, 1.807) is 24.4 Å². The summed E-state index contributed by atoms with van der Waals surface area (Å²) >= 11 is 6.19. The van der Waals surface area contributed by atoms with Crippen LogP contribution in [-0.4, -0.2) is 40.1 Å². The van der Waals surface area contributed by atoms with E-state index in [0.717, 1.165) is 24.1 Å². The van der Waals surface area contributed by atoms with Crippen LogP contribution in [-0.2, 0) is 13.0 Å². The number of guanidine groups is 1. The van der Waals surface area contributed by atoms with Gasteiger partial charge in [0.05, 0.1) is 16.4 Å². The van der Waals surface area contributed by atoms with Crippen molar-refractivity contribution in [3.05, 3.63) is 81.1 Å². The Hall–Kier alpha value is -3.73. The molecule has 0 aliphatic rings. The first-order valence-corrected chi connectivity index (χ1v) is 12.8. The van der Waals surface area contributed by atoms with Crippen LogP contribution in [0.2, 0.25) is 5.02 Å². The van der Waals surface area contributed by atoms with Gasteiger partial charge in [0.1, 0.15) is 5.65 Å². The molecule has 0 fully saturated rings. The van der Waals surface area contributed by atoms with E-state index >= 15 is 0 Å². The van der Waals surface area contributed by atoms with Crippen LogP contribution in [0, 0.1) is 11.7 Å². The molecule has 0 saturated carbocycles. The number of benzene rings is 2. The van der Waals surface area contributed by atoms with Gasteiger partial charge >= 0.3 is 5.69 Å². The topological polar surface area (TPSA) is 153 Å². The van der Waals surface area contributed by atoms with Gasteiger partial charge in [-0.05, 0) is 73.3 Å². The molecule has 0 aliphatic heterocycles. The van der Waals surface area contributed by atoms with Gasteiger partial charge in [0.15, 0.2) is 11.8 Å². The Balaban J connectivity index is 1.53. The third-order valence-electron chi connectivity index (χ3n) is 6.22. The largest absolute Gasteiger partial charge is 0.370 e. The molecule has 9 nitrogen and oxygen atoms in total. The van der Waals surface area contributed by atoms with E-state index in [1.807, 2.05) is 31.2 Å². The Kier molecular flexibility index (Phi) is 8.77. The highest BCUT2D eigenvalue weighted by Gasteiger charge is 2.16. The minimum atomic E-state index is -0.530. The zero-order chi connectivity index (χ0) is 27.2. The lowest BCUT2D eigenvalue weighted by Crippen LogP contribution is -2.23. The summed E-state index contributed by atoms with van der Waals surface area (Å²) in [6, 6.07) is 12.8. The number of nitrogens with zero attached hydrogens (tertiary/aromatic N) is 3. The summed E-state index contributed by atoms with van der Waals surface area (Å²) in [5.41, 5.74) is 19.8. The molecule has 38 heavy (non-hydrogen) atoms. The third kappa shape index (κ3) is 6.58. The number of hydrogen-bond donors (Lipinski definition) is 5. The maximum atomic E-state index is 15.0. The molecule has 0 aliphatic carbocycles. The van der Waals surface area contributed by atoms with E-state index in [4.69, 9.17) is 28.8 Å². The first-order valence-electron chi connectivity index (χ1n) is 12.4. The summed E-state index contributed by atoms with van der Waals surface area (Å²) in [6.07, 6.45) is 3.19. The van der Waals surface area contributed by atoms with Gasteiger partial charge in [-0.15, -0.1) is 0 Å². The van der Waals surface area contributed by atoms with Crippen molar-refractivity contribution in [3.8, 4) is 16.9 Å². The van der Waals surface area contributed by atoms with Crippen molar-refractivity contribution in [2.45, 2.75) is 26.3 Å². The number of rotatable bonds is 11. The molecular weight excluding hydrogens is 507 g/mol. The van der Waals surface area contributed by atoms with Gasteiger partial charge in [-0.3, -0.25) is 9.56 Å². The number of nitrogens with two attached hydrogens (primary N) is 3. The van der Waals surface area contributed by atoms with Gasteiger partial charge in [0.25, 0.3) is 0 Å². The van der Waals surface area contributed by atoms with Crippen molar-refractivity contribution in [3.63, 3.8) is 0 Å². The normalized spacial score (nSPS) is 12.1. The number of aliphatic imine (C=N–C) groups is 1. The molecule has 11 heteroatoms. The van der Waals surface area contributed by atoms with E-state index < -0.39 is 11.5 Å². The predicted octanol–water partition coefficient (Wildman–Crippen LogP) is 3.06. The number of nitrogens with one attached hydrogen (secondary N) is 2. The van der Waals surface area contributed by atoms with Crippen molar-refractivity contribution in [2.75, 3.05) is 19.6 Å². The molecule has 0 radical (unpaired) electrons. The molecular formula is C27H32ClFN8O. The fourth-order valence-electron chi connectivity index (χ4n) is 4.19. The molecule has 4 rings (SSSR count). The number of aromatic amines is 1. The highest BCUT2D eigenvalue weighted by molar-refractivity contribution is 6.31. The molecule has 2 aromatic carbocycles. The highest BCUT2D eigenvalue weighted by atomic mass is 35.5. The average Bonchev–Trinajstić information content (AvgIpc) is 3.30. The predicted molar refractivity (Wildman–Crippen MR) is 151 cm³/mol. The molecule has 0 amide bonds. The van der Waals surface area contributed by atoms with E-state index in [0.29, 0.717) is 54.0 Å². The summed E-state index contributed by atoms with van der Waals surface area (Å²) in [7, 11) is 0. The lowest BCUT2D eigenvalue weighted by atomic mass is 9.98. The van der Waals surface area contributed by atoms with Crippen molar-refractivity contribution in [1.82, 2.24) is 19.9 Å². The molecule has 0 bridgehead atoms. The first-order chi connectivity index (χ1) is 18.2. The van der Waals surface area contributed by atoms with Crippen LogP contribution in [0.3, 0.4) is 0 Å². The Morgan fingerprint density at radius 2 is 1.97 bits per heavy atom. The van der Waals surface area contributed by atoms with E-state index in [9.17, 15) is 9.18 Å². The molecule has 0 spiro atoms. The maximum Gasteiger partial charge on any atom is 0.354 e. The van der Waals surface area contributed by atoms with Crippen LogP contribution >= 0.6 is 11.6 Å². The van der Waals surface area contributed by atoms with Crippen LogP contribution < -0.4 is 28.2 Å². The second-order valence-corrected chi connectivity index (χ2v) is 9.78. The van der Waals surface area contributed by atoms with Crippen LogP contribution in [0.25, 0.3) is 28.0 Å². The van der Waals surface area contributed by atoms with E-state index in [2.05, 4.69) is 20.3 Å². The van der Waals surface area contributed by atoms with Gasteiger partial charge in [-0.2, -0.15) is 4.98 Å². The Morgan fingerprint density at radius 3 is 2.68 bits per heavy atom. The Bertz CT molecular complexity index is 1490. The number of H-pyrrole nitrogens is 1. The quantitative estimate of drug-likeness (QED) is 0.112. The zero-order valence-corrected chi connectivity index (χ0v) is 21.9. The van der Waals surface area contributed by atoms with Gasteiger partial charge in [-0.1, -0.05) is 30.7 Å². The van der Waals surface area contributed by atoms with Crippen molar-refractivity contribution >= 4 is 28.6 Å². The summed E-state index contributed by atoms with van der Waals surface area (Å²) < 4.78 is 16.4. The number of aromatic nitrogens is 3. The Labute approximate surface area is 224 Å². The van der Waals surface area contributed by atoms with E-state index in [-0.39, 0.29) is 16.9 Å². The fraction of sp³-hybridized carbons (Fsp3) is 0.296. The van der Waals surface area contributed by atoms with Crippen molar-refractivity contribution in [1.29, 1.82) is 0 Å². The van der Waals surface area contributed by atoms with Crippen molar-refractivity contribution < 1.29 is 4.39 Å². The molecule has 4 aromatic rings. The second-order valence-electron chi connectivity index (χ2n) is 9.37. The van der Waals surface area contributed by atoms with Crippen LogP contribution in [0.15, 0.2) is 58.4 Å². The standard InChI is InChI=1S/C27H32ClFN8O/c1-16(13-30)9-18-10-21(24(29)22(28)11-18)23-12-19-15-37(27(38)36-25(19)35-23)20-5-3-17(4-6-20)14-33-7-2-8-34-26(31)32/h3-6,10-12,15-16,33H,2,7-9,13-14,30H2,1H3,(H4,31,32,34)(H,35,36,38). The van der Waals surface area contributed by atoms with Gasteiger partial charge in [0.2, 0.25) is 0 Å². The number of halogens is 2. The number of fused-ring (bicyclic) bond motifs is 1. The van der Waals surface area contributed by atoms with E-state index in [1.165, 1.54) is 4.57 Å². The molecule has 2 heterocycles. The van der Waals surface area contributed by atoms with Crippen LogP contribution in [0.4, 0.5) is 4.39 Å². The first kappa shape index (κ1) is 27.3. The average molecular weight is 539 g/mol. The molecule has 1 unspecified atom stereocenters. The minimum Gasteiger partial charge on any atom is -0.370 e. The minimum absolute atomic E-state index is 0.0382. The summed E-state index contributed by atoms with van der Waals surface area (Å²) in [5.74, 6) is -0.204. The summed E-state index contributed by atoms with van der Waals surface area (Å²) in [6.45, 7) is 4.57. The van der Waals surface area contributed by atoms with Gasteiger partial charge < -0.3 is 27.5 Å². The van der Waals surface area contributed by atoms with Crippen LogP contribution in [0.1, 0.15) is 24.5 Å². The molecule has 200 valence electrons.